The van der Waals surface area contributed by atoms with Crippen LogP contribution in [0.3, 0.4) is 0 Å². The first-order chi connectivity index (χ1) is 35.2. The number of rotatable bonds is 13. The Balaban J connectivity index is 0.000000252. The molecule has 4 aromatic heterocycles. The summed E-state index contributed by atoms with van der Waals surface area (Å²) in [6.45, 7) is 11.4. The molecule has 0 saturated heterocycles. The molecule has 0 saturated carbocycles. The maximum Gasteiger partial charge on any atom is 0.493 e. The zero-order chi connectivity index (χ0) is 50.8. The van der Waals surface area contributed by atoms with Crippen molar-refractivity contribution in [1.29, 1.82) is 5.26 Å². The van der Waals surface area contributed by atoms with Crippen LogP contribution in [0.15, 0.2) is 208 Å². The van der Waals surface area contributed by atoms with Crippen molar-refractivity contribution in [2.45, 2.75) is 31.9 Å². The van der Waals surface area contributed by atoms with Crippen molar-refractivity contribution in [2.24, 2.45) is 0 Å². The highest BCUT2D eigenvalue weighted by atomic mass is 79.9. The topological polar surface area (TPSA) is 107 Å². The molecule has 10 rings (SSSR count). The molecular formula is C60H57B2Br2Cl2N5O4. The van der Waals surface area contributed by atoms with Crippen LogP contribution in [0.25, 0.3) is 55.8 Å². The van der Waals surface area contributed by atoms with E-state index >= 15 is 0 Å². The van der Waals surface area contributed by atoms with Crippen molar-refractivity contribution in [2.75, 3.05) is 14.2 Å². The fourth-order valence-electron chi connectivity index (χ4n) is 8.59. The summed E-state index contributed by atoms with van der Waals surface area (Å²) in [6.07, 6.45) is 11.9. The van der Waals surface area contributed by atoms with E-state index in [2.05, 4.69) is 194 Å². The van der Waals surface area contributed by atoms with Gasteiger partial charge in [-0.2, -0.15) is 19.0 Å². The quantitative estimate of drug-likeness (QED) is 0.0754. The van der Waals surface area contributed by atoms with Gasteiger partial charge in [-0.1, -0.05) is 144 Å². The fraction of sp³-hybridized carbons (Fsp3) is 0.117. The summed E-state index contributed by atoms with van der Waals surface area (Å²) in [5.74, 6) is 0. The number of benzene rings is 6. The van der Waals surface area contributed by atoms with E-state index in [1.807, 2.05) is 54.7 Å². The van der Waals surface area contributed by atoms with Crippen molar-refractivity contribution in [3.8, 4) is 6.07 Å². The van der Waals surface area contributed by atoms with Gasteiger partial charge in [-0.15, -0.1) is 0 Å². The van der Waals surface area contributed by atoms with Gasteiger partial charge in [0.25, 0.3) is 0 Å². The Morgan fingerprint density at radius 2 is 0.973 bits per heavy atom. The molecule has 380 valence electrons. The summed E-state index contributed by atoms with van der Waals surface area (Å²) < 4.78 is 17.1. The van der Waals surface area contributed by atoms with Gasteiger partial charge in [0, 0.05) is 91.1 Å². The fourth-order valence-corrected chi connectivity index (χ4v) is 8.94. The molecule has 0 aliphatic heterocycles. The highest BCUT2D eigenvalue weighted by Gasteiger charge is 2.20. The zero-order valence-electron chi connectivity index (χ0n) is 42.0. The van der Waals surface area contributed by atoms with Crippen molar-refractivity contribution in [1.82, 2.24) is 4.98 Å². The summed E-state index contributed by atoms with van der Waals surface area (Å²) in [7, 11) is 1.54. The molecule has 0 aliphatic rings. The SMILES string of the molecule is C=Cc1ccc(C[n+]2cccc3c4ccc[n+](Cc5cccc(B(O)O)c5)c4ccc32)cc1.C=Cc1ccc(C[n+]2cccc3c4cccnc4ccc32)cc1.CC#N.COB(OC)c1cccc(CBr)c1.[Br-].[Cl-].[Cl-]. The van der Waals surface area contributed by atoms with Crippen LogP contribution in [0.4, 0.5) is 0 Å². The molecule has 15 heteroatoms. The Morgan fingerprint density at radius 1 is 0.560 bits per heavy atom. The van der Waals surface area contributed by atoms with Gasteiger partial charge in [0.1, 0.15) is 0 Å². The van der Waals surface area contributed by atoms with Crippen LogP contribution in [0.5, 0.6) is 0 Å². The number of hydrogen-bond acceptors (Lipinski definition) is 6. The Labute approximate surface area is 472 Å². The molecule has 0 aliphatic carbocycles. The molecule has 2 N–H and O–H groups in total. The first-order valence-corrected chi connectivity index (χ1v) is 24.6. The predicted octanol–water partition coefficient (Wildman–Crippen LogP) is 0.466. The lowest BCUT2D eigenvalue weighted by Crippen LogP contribution is -3.00. The standard InChI is InChI=1S/C28H25BN2O2.C21H17N2.C9H12BBrO2.C2H3N.BrH.2ClH/c1-2-21-10-12-22(13-11-21)19-30-16-4-8-25-26-9-5-17-31(28(26)15-14-27(25)30)20-23-6-3-7-24(18-23)29(32)33;1-2-16-7-9-17(10-8-16)15-23-14-4-6-19-18-5-3-13-22-20(18)11-12-21(19)23;1-12-10(13-2)9-5-3-4-8(6-9)7-11;1-2-3;;;/h2-18,32-33H,1,19-20H2;2-14H,1,15H2;3-6H,7H2,1-2H3;1H3;3*1H/q+2;+1;;;;;/p-3. The van der Waals surface area contributed by atoms with E-state index in [4.69, 9.17) is 14.6 Å². The van der Waals surface area contributed by atoms with E-state index in [1.165, 1.54) is 56.2 Å². The third kappa shape index (κ3) is 16.0. The van der Waals surface area contributed by atoms with E-state index in [1.54, 1.807) is 26.4 Å². The molecule has 0 radical (unpaired) electrons. The molecule has 0 spiro atoms. The van der Waals surface area contributed by atoms with Crippen LogP contribution >= 0.6 is 15.9 Å². The van der Waals surface area contributed by atoms with Crippen LogP contribution in [0.1, 0.15) is 40.3 Å². The summed E-state index contributed by atoms with van der Waals surface area (Å²) in [5, 5.41) is 32.0. The lowest BCUT2D eigenvalue weighted by Gasteiger charge is -2.09. The monoisotopic (exact) mass is 1160 g/mol. The van der Waals surface area contributed by atoms with E-state index in [9.17, 15) is 10.0 Å². The van der Waals surface area contributed by atoms with Crippen LogP contribution in [0.2, 0.25) is 0 Å². The second-order valence-electron chi connectivity index (χ2n) is 16.8. The van der Waals surface area contributed by atoms with Crippen LogP contribution in [0, 0.1) is 11.3 Å². The van der Waals surface area contributed by atoms with Gasteiger partial charge in [-0.05, 0) is 57.9 Å². The Kier molecular flexibility index (Phi) is 25.0. The molecular weight excluding hydrogens is 1110 g/mol. The third-order valence-corrected chi connectivity index (χ3v) is 12.8. The predicted molar refractivity (Wildman–Crippen MR) is 298 cm³/mol. The van der Waals surface area contributed by atoms with Crippen molar-refractivity contribution < 1.29 is 74.9 Å². The number of hydrogen-bond donors (Lipinski definition) is 2. The first-order valence-electron chi connectivity index (χ1n) is 23.5. The molecule has 4 heterocycles. The Morgan fingerprint density at radius 3 is 1.43 bits per heavy atom. The molecule has 0 unspecified atom stereocenters. The highest BCUT2D eigenvalue weighted by molar-refractivity contribution is 9.08. The number of halogens is 4. The minimum Gasteiger partial charge on any atom is -1.00 e. The van der Waals surface area contributed by atoms with Gasteiger partial charge < -0.3 is 61.2 Å². The van der Waals surface area contributed by atoms with Crippen molar-refractivity contribution in [3.05, 3.63) is 241 Å². The number of aromatic nitrogens is 4. The average Bonchev–Trinajstić information content (AvgIpc) is 3.42. The van der Waals surface area contributed by atoms with E-state index < -0.39 is 7.12 Å². The Bertz CT molecular complexity index is 3490. The molecule has 0 bridgehead atoms. The van der Waals surface area contributed by atoms with Gasteiger partial charge in [-0.3, -0.25) is 4.98 Å². The van der Waals surface area contributed by atoms with Crippen molar-refractivity contribution in [3.63, 3.8) is 0 Å². The second kappa shape index (κ2) is 30.7. The molecule has 10 aromatic rings. The number of pyridine rings is 4. The van der Waals surface area contributed by atoms with E-state index in [0.717, 1.165) is 51.6 Å². The average molecular weight is 1160 g/mol. The number of nitrogens with zero attached hydrogens (tertiary/aromatic N) is 5. The van der Waals surface area contributed by atoms with Crippen LogP contribution < -0.4 is 66.4 Å². The maximum absolute atomic E-state index is 9.50. The summed E-state index contributed by atoms with van der Waals surface area (Å²) in [5.41, 5.74) is 13.1. The minimum absolute atomic E-state index is 0. The number of nitriles is 1. The van der Waals surface area contributed by atoms with Gasteiger partial charge in [0.15, 0.2) is 38.2 Å². The summed E-state index contributed by atoms with van der Waals surface area (Å²) >= 11 is 3.40. The summed E-state index contributed by atoms with van der Waals surface area (Å²) in [6, 6.07) is 59.8. The smallest absolute Gasteiger partial charge is 0.493 e. The van der Waals surface area contributed by atoms with E-state index in [-0.39, 0.29) is 48.9 Å². The molecule has 0 fully saturated rings. The van der Waals surface area contributed by atoms with Crippen LogP contribution in [-0.4, -0.2) is 43.5 Å². The lowest BCUT2D eigenvalue weighted by atomic mass is 9.78. The minimum atomic E-state index is -1.46. The largest absolute Gasteiger partial charge is 1.00 e. The van der Waals surface area contributed by atoms with Crippen LogP contribution in [-0.2, 0) is 34.3 Å². The lowest BCUT2D eigenvalue weighted by molar-refractivity contribution is -0.664. The summed E-state index contributed by atoms with van der Waals surface area (Å²) in [4.78, 5) is 4.45. The first kappa shape index (κ1) is 61.0. The number of alkyl halides is 1. The third-order valence-electron chi connectivity index (χ3n) is 12.1. The van der Waals surface area contributed by atoms with Gasteiger partial charge >= 0.3 is 14.2 Å². The zero-order valence-corrected chi connectivity index (χ0v) is 46.7. The van der Waals surface area contributed by atoms with Gasteiger partial charge in [-0.25, -0.2) is 0 Å². The van der Waals surface area contributed by atoms with Gasteiger partial charge in [0.05, 0.1) is 27.7 Å². The second-order valence-corrected chi connectivity index (χ2v) is 17.4. The highest BCUT2D eigenvalue weighted by Crippen LogP contribution is 2.23. The number of fused-ring (bicyclic) bond motifs is 6. The van der Waals surface area contributed by atoms with Crippen molar-refractivity contribution >= 4 is 96.9 Å². The van der Waals surface area contributed by atoms with Gasteiger partial charge in [0.2, 0.25) is 16.6 Å². The molecule has 0 atom stereocenters. The van der Waals surface area contributed by atoms with E-state index in [0.29, 0.717) is 12.0 Å². The molecule has 0 amide bonds. The maximum atomic E-state index is 9.50. The molecule has 75 heavy (non-hydrogen) atoms. The Hall–Kier alpha value is -6.56. The molecule has 9 nitrogen and oxygen atoms in total. The molecule has 6 aromatic carbocycles. The normalized spacial score (nSPS) is 10.1.